The predicted molar refractivity (Wildman–Crippen MR) is 109 cm³/mol. The second-order valence-corrected chi connectivity index (χ2v) is 7.35. The molecule has 29 heavy (non-hydrogen) atoms. The zero-order chi connectivity index (χ0) is 20.6. The van der Waals surface area contributed by atoms with Crippen molar-refractivity contribution in [1.29, 1.82) is 0 Å². The third kappa shape index (κ3) is 6.74. The lowest BCUT2D eigenvalue weighted by Gasteiger charge is -2.22. The SMILES string of the molecule is Cc1cc(OCCCON=C(N)N)cc(C(=O)N(Cc2ccoc2)CC2CC2)c1. The second-order valence-electron chi connectivity index (χ2n) is 7.35. The Balaban J connectivity index is 1.61. The minimum Gasteiger partial charge on any atom is -0.493 e. The molecule has 1 fully saturated rings. The molecular weight excluding hydrogens is 372 g/mol. The van der Waals surface area contributed by atoms with Crippen LogP contribution >= 0.6 is 0 Å². The number of amides is 1. The number of guanidine groups is 1. The molecule has 0 radical (unpaired) electrons. The number of carbonyl (C=O) groups is 1. The van der Waals surface area contributed by atoms with Crippen LogP contribution in [0.1, 0.15) is 40.7 Å². The highest BCUT2D eigenvalue weighted by atomic mass is 16.6. The number of furan rings is 1. The lowest BCUT2D eigenvalue weighted by Crippen LogP contribution is -2.32. The number of hydrogen-bond donors (Lipinski definition) is 2. The Morgan fingerprint density at radius 3 is 2.79 bits per heavy atom. The summed E-state index contributed by atoms with van der Waals surface area (Å²) < 4.78 is 10.9. The summed E-state index contributed by atoms with van der Waals surface area (Å²) in [6.07, 6.45) is 6.29. The standard InChI is InChI=1S/C21H28N4O4/c1-15-9-18(11-19(10-15)28-6-2-7-29-24-21(22)23)20(26)25(12-16-3-4-16)13-17-5-8-27-14-17/h5,8-11,14,16H,2-4,6-7,12-13H2,1H3,(H4,22,23,24). The summed E-state index contributed by atoms with van der Waals surface area (Å²) in [6, 6.07) is 7.49. The zero-order valence-corrected chi connectivity index (χ0v) is 16.7. The summed E-state index contributed by atoms with van der Waals surface area (Å²) in [5.74, 6) is 1.14. The summed E-state index contributed by atoms with van der Waals surface area (Å²) in [5.41, 5.74) is 13.0. The van der Waals surface area contributed by atoms with Crippen molar-refractivity contribution in [2.24, 2.45) is 22.5 Å². The van der Waals surface area contributed by atoms with E-state index in [0.29, 0.717) is 43.4 Å². The number of rotatable bonds is 11. The second kappa shape index (κ2) is 9.86. The maximum Gasteiger partial charge on any atom is 0.254 e. The Hall–Kier alpha value is -3.16. The number of hydrogen-bond acceptors (Lipinski definition) is 5. The van der Waals surface area contributed by atoms with Crippen molar-refractivity contribution in [1.82, 2.24) is 4.90 Å². The van der Waals surface area contributed by atoms with E-state index >= 15 is 0 Å². The molecule has 0 atom stereocenters. The van der Waals surface area contributed by atoms with Gasteiger partial charge in [0.2, 0.25) is 5.96 Å². The van der Waals surface area contributed by atoms with E-state index in [0.717, 1.165) is 17.7 Å². The highest BCUT2D eigenvalue weighted by Gasteiger charge is 2.28. The first kappa shape index (κ1) is 20.6. The Bertz CT molecular complexity index is 827. The molecule has 8 nitrogen and oxygen atoms in total. The van der Waals surface area contributed by atoms with Gasteiger partial charge in [-0.25, -0.2) is 0 Å². The van der Waals surface area contributed by atoms with Crippen LogP contribution in [0.3, 0.4) is 0 Å². The monoisotopic (exact) mass is 400 g/mol. The lowest BCUT2D eigenvalue weighted by molar-refractivity contribution is 0.0734. The fourth-order valence-corrected chi connectivity index (χ4v) is 3.01. The van der Waals surface area contributed by atoms with Gasteiger partial charge >= 0.3 is 0 Å². The van der Waals surface area contributed by atoms with E-state index in [-0.39, 0.29) is 11.9 Å². The molecule has 0 aliphatic heterocycles. The smallest absolute Gasteiger partial charge is 0.254 e. The van der Waals surface area contributed by atoms with E-state index in [1.165, 1.54) is 12.8 Å². The fraction of sp³-hybridized carbons (Fsp3) is 0.429. The van der Waals surface area contributed by atoms with Crippen LogP contribution in [-0.2, 0) is 11.4 Å². The van der Waals surface area contributed by atoms with Gasteiger partial charge in [-0.05, 0) is 60.7 Å². The van der Waals surface area contributed by atoms with E-state index in [2.05, 4.69) is 5.16 Å². The van der Waals surface area contributed by atoms with Crippen LogP contribution in [0.2, 0.25) is 0 Å². The maximum absolute atomic E-state index is 13.2. The number of ether oxygens (including phenoxy) is 1. The summed E-state index contributed by atoms with van der Waals surface area (Å²) in [5, 5.41) is 3.46. The molecule has 1 aliphatic carbocycles. The Labute approximate surface area is 170 Å². The molecule has 1 aliphatic rings. The van der Waals surface area contributed by atoms with Crippen LogP contribution in [0.5, 0.6) is 5.75 Å². The lowest BCUT2D eigenvalue weighted by atomic mass is 10.1. The number of carbonyl (C=O) groups excluding carboxylic acids is 1. The van der Waals surface area contributed by atoms with Crippen LogP contribution in [-0.4, -0.2) is 36.5 Å². The zero-order valence-electron chi connectivity index (χ0n) is 16.7. The van der Waals surface area contributed by atoms with Gasteiger partial charge in [-0.2, -0.15) is 0 Å². The highest BCUT2D eigenvalue weighted by molar-refractivity contribution is 5.94. The van der Waals surface area contributed by atoms with Crippen molar-refractivity contribution in [3.05, 3.63) is 53.5 Å². The molecule has 0 unspecified atom stereocenters. The van der Waals surface area contributed by atoms with Crippen LogP contribution < -0.4 is 16.2 Å². The number of oxime groups is 1. The minimum atomic E-state index is -0.112. The van der Waals surface area contributed by atoms with Crippen molar-refractivity contribution in [3.8, 4) is 5.75 Å². The van der Waals surface area contributed by atoms with Gasteiger partial charge in [0.05, 0.1) is 19.1 Å². The molecule has 2 aromatic rings. The van der Waals surface area contributed by atoms with Crippen LogP contribution in [0.4, 0.5) is 0 Å². The van der Waals surface area contributed by atoms with Gasteiger partial charge in [-0.3, -0.25) is 4.79 Å². The largest absolute Gasteiger partial charge is 0.493 e. The number of nitrogens with zero attached hydrogens (tertiary/aromatic N) is 2. The first-order valence-electron chi connectivity index (χ1n) is 9.77. The fourth-order valence-electron chi connectivity index (χ4n) is 3.01. The summed E-state index contributed by atoms with van der Waals surface area (Å²) >= 11 is 0. The average Bonchev–Trinajstić information content (AvgIpc) is 3.35. The average molecular weight is 400 g/mol. The van der Waals surface area contributed by atoms with Crippen molar-refractivity contribution < 1.29 is 18.8 Å². The van der Waals surface area contributed by atoms with Gasteiger partial charge in [0.15, 0.2) is 0 Å². The maximum atomic E-state index is 13.2. The molecule has 0 spiro atoms. The first-order chi connectivity index (χ1) is 14.0. The van der Waals surface area contributed by atoms with Gasteiger partial charge in [-0.15, -0.1) is 0 Å². The van der Waals surface area contributed by atoms with Gasteiger partial charge in [0, 0.05) is 30.6 Å². The molecular formula is C21H28N4O4. The molecule has 4 N–H and O–H groups in total. The summed E-state index contributed by atoms with van der Waals surface area (Å²) in [6.45, 7) is 4.02. The topological polar surface area (TPSA) is 116 Å². The molecule has 1 heterocycles. The van der Waals surface area contributed by atoms with Crippen molar-refractivity contribution in [2.75, 3.05) is 19.8 Å². The van der Waals surface area contributed by atoms with Gasteiger partial charge in [0.1, 0.15) is 12.4 Å². The normalized spacial score (nSPS) is 13.0. The van der Waals surface area contributed by atoms with Crippen LogP contribution in [0.25, 0.3) is 0 Å². The van der Waals surface area contributed by atoms with Crippen molar-refractivity contribution >= 4 is 11.9 Å². The molecule has 156 valence electrons. The molecule has 3 rings (SSSR count). The Morgan fingerprint density at radius 2 is 2.10 bits per heavy atom. The number of nitrogens with two attached hydrogens (primary N) is 2. The predicted octanol–water partition coefficient (Wildman–Crippen LogP) is 2.61. The minimum absolute atomic E-state index is 0.00254. The van der Waals surface area contributed by atoms with Gasteiger partial charge < -0.3 is 30.4 Å². The summed E-state index contributed by atoms with van der Waals surface area (Å²) in [4.78, 5) is 20.0. The van der Waals surface area contributed by atoms with Gasteiger partial charge in [0.25, 0.3) is 5.91 Å². The number of benzene rings is 1. The molecule has 8 heteroatoms. The van der Waals surface area contributed by atoms with E-state index < -0.39 is 0 Å². The summed E-state index contributed by atoms with van der Waals surface area (Å²) in [7, 11) is 0. The van der Waals surface area contributed by atoms with Crippen LogP contribution in [0, 0.1) is 12.8 Å². The van der Waals surface area contributed by atoms with Gasteiger partial charge in [-0.1, -0.05) is 0 Å². The molecule has 1 aromatic heterocycles. The molecule has 1 amide bonds. The molecule has 0 bridgehead atoms. The van der Waals surface area contributed by atoms with E-state index in [4.69, 9.17) is 25.5 Å². The van der Waals surface area contributed by atoms with Crippen LogP contribution in [0.15, 0.2) is 46.4 Å². The van der Waals surface area contributed by atoms with E-state index in [9.17, 15) is 4.79 Å². The highest BCUT2D eigenvalue weighted by Crippen LogP contribution is 2.31. The first-order valence-corrected chi connectivity index (χ1v) is 9.77. The quantitative estimate of drug-likeness (QED) is 0.259. The third-order valence-electron chi connectivity index (χ3n) is 4.53. The van der Waals surface area contributed by atoms with Crippen molar-refractivity contribution in [2.45, 2.75) is 32.7 Å². The molecule has 1 aromatic carbocycles. The molecule has 1 saturated carbocycles. The number of aryl methyl sites for hydroxylation is 1. The molecule has 0 saturated heterocycles. The van der Waals surface area contributed by atoms with E-state index in [1.807, 2.05) is 30.0 Å². The van der Waals surface area contributed by atoms with E-state index in [1.54, 1.807) is 18.6 Å². The van der Waals surface area contributed by atoms with Crippen molar-refractivity contribution in [3.63, 3.8) is 0 Å². The third-order valence-corrected chi connectivity index (χ3v) is 4.53. The Kier molecular flexibility index (Phi) is 6.99. The Morgan fingerprint density at radius 1 is 1.28 bits per heavy atom.